The van der Waals surface area contributed by atoms with E-state index in [-0.39, 0.29) is 0 Å². The molecule has 0 saturated carbocycles. The molecule has 0 aliphatic carbocycles. The van der Waals surface area contributed by atoms with Gasteiger partial charge in [-0.05, 0) is 18.4 Å². The van der Waals surface area contributed by atoms with Crippen LogP contribution in [0.2, 0.25) is 0 Å². The molecule has 1 aromatic carbocycles. The minimum Gasteiger partial charge on any atom is -0.460 e. The summed E-state index contributed by atoms with van der Waals surface area (Å²) in [5.41, 5.74) is 2.95. The Kier molecular flexibility index (Phi) is 7.35. The lowest BCUT2D eigenvalue weighted by atomic mass is 10.0. The van der Waals surface area contributed by atoms with E-state index in [1.165, 1.54) is 12.6 Å². The summed E-state index contributed by atoms with van der Waals surface area (Å²) in [5, 5.41) is 20.9. The molecule has 2 aromatic heterocycles. The monoisotopic (exact) mass is 514 g/mol. The van der Waals surface area contributed by atoms with Crippen LogP contribution >= 0.6 is 15.2 Å². The van der Waals surface area contributed by atoms with E-state index in [1.54, 1.807) is 0 Å². The highest BCUT2D eigenvalue weighted by molar-refractivity contribution is 7.70. The Morgan fingerprint density at radius 3 is 2.44 bits per heavy atom. The smallest absolute Gasteiger partial charge is 0.340 e. The van der Waals surface area contributed by atoms with Crippen LogP contribution in [0.3, 0.4) is 0 Å². The third kappa shape index (κ3) is 5.80. The van der Waals surface area contributed by atoms with Gasteiger partial charge in [0, 0.05) is 5.56 Å². The van der Waals surface area contributed by atoms with Crippen molar-refractivity contribution in [2.45, 2.75) is 37.3 Å². The van der Waals surface area contributed by atoms with Gasteiger partial charge in [-0.3, -0.25) is 9.13 Å². The molecule has 1 saturated heterocycles. The zero-order valence-corrected chi connectivity index (χ0v) is 19.5. The Labute approximate surface area is 193 Å². The number of hydrogen-bond donors (Lipinski definition) is 5. The second-order valence-corrected chi connectivity index (χ2v) is 12.0. The third-order valence-electron chi connectivity index (χ3n) is 5.42. The van der Waals surface area contributed by atoms with Crippen LogP contribution in [0.15, 0.2) is 47.3 Å². The quantitative estimate of drug-likeness (QED) is 0.259. The minimum atomic E-state index is -4.80. The van der Waals surface area contributed by atoms with Crippen molar-refractivity contribution in [3.8, 4) is 0 Å². The number of rotatable bonds is 9. The molecule has 0 radical (unpaired) electrons. The highest BCUT2D eigenvalue weighted by Crippen LogP contribution is 2.55. The van der Waals surface area contributed by atoms with Crippen LogP contribution < -0.4 is 0 Å². The number of aliphatic hydroxyl groups is 2. The third-order valence-corrected chi connectivity index (χ3v) is 8.88. The molecule has 0 spiro atoms. The average molecular weight is 514 g/mol. The lowest BCUT2D eigenvalue weighted by Gasteiger charge is -2.18. The first-order chi connectivity index (χ1) is 16.0. The minimum absolute atomic E-state index is 0.356. The van der Waals surface area contributed by atoms with Crippen molar-refractivity contribution < 1.29 is 47.7 Å². The maximum atomic E-state index is 11.9. The van der Waals surface area contributed by atoms with Gasteiger partial charge in [0.2, 0.25) is 0 Å². The predicted molar refractivity (Wildman–Crippen MR) is 118 cm³/mol. The number of benzene rings is 1. The SMILES string of the molecule is O=P(O)(O)CP(=O)(O)OC[C@H]1O[C@@H](c2coc3c(CCc4ccccc4)ncnc23)[C@H](O)[C@@H]1O. The first-order valence-electron chi connectivity index (χ1n) is 10.3. The van der Waals surface area contributed by atoms with Crippen LogP contribution in [0.4, 0.5) is 0 Å². The Bertz CT molecular complexity index is 1230. The highest BCUT2D eigenvalue weighted by atomic mass is 31.2. The van der Waals surface area contributed by atoms with Crippen molar-refractivity contribution in [2.24, 2.45) is 0 Å². The van der Waals surface area contributed by atoms with Gasteiger partial charge in [-0.2, -0.15) is 0 Å². The van der Waals surface area contributed by atoms with Crippen LogP contribution in [0, 0.1) is 0 Å². The second-order valence-electron chi connectivity index (χ2n) is 7.99. The fourth-order valence-corrected chi connectivity index (χ4v) is 6.38. The van der Waals surface area contributed by atoms with Gasteiger partial charge < -0.3 is 38.6 Å². The van der Waals surface area contributed by atoms with Gasteiger partial charge >= 0.3 is 15.2 Å². The summed E-state index contributed by atoms with van der Waals surface area (Å²) >= 11 is 0. The van der Waals surface area contributed by atoms with E-state index >= 15 is 0 Å². The zero-order chi connectivity index (χ0) is 24.5. The summed E-state index contributed by atoms with van der Waals surface area (Å²) in [6.07, 6.45) is -1.23. The molecule has 12 nitrogen and oxygen atoms in total. The van der Waals surface area contributed by atoms with E-state index in [0.29, 0.717) is 28.8 Å². The Morgan fingerprint density at radius 2 is 1.74 bits per heavy atom. The molecule has 184 valence electrons. The summed E-state index contributed by atoms with van der Waals surface area (Å²) < 4.78 is 38.9. The fraction of sp³-hybridized carbons (Fsp3) is 0.400. The number of aromatic nitrogens is 2. The number of nitrogens with zero attached hydrogens (tertiary/aromatic N) is 2. The van der Waals surface area contributed by atoms with E-state index in [1.807, 2.05) is 30.3 Å². The molecule has 0 bridgehead atoms. The normalized spacial score (nSPS) is 25.0. The lowest BCUT2D eigenvalue weighted by molar-refractivity contribution is -0.0184. The van der Waals surface area contributed by atoms with Gasteiger partial charge in [-0.25, -0.2) is 9.97 Å². The first kappa shape index (κ1) is 25.1. The second kappa shape index (κ2) is 9.94. The van der Waals surface area contributed by atoms with Gasteiger partial charge in [0.25, 0.3) is 0 Å². The van der Waals surface area contributed by atoms with Gasteiger partial charge in [-0.15, -0.1) is 0 Å². The fourth-order valence-electron chi connectivity index (χ4n) is 3.81. The molecule has 0 amide bonds. The Morgan fingerprint density at radius 1 is 1.00 bits per heavy atom. The molecule has 1 unspecified atom stereocenters. The van der Waals surface area contributed by atoms with Gasteiger partial charge in [0.15, 0.2) is 11.5 Å². The molecule has 14 heteroatoms. The van der Waals surface area contributed by atoms with Crippen LogP contribution in [0.5, 0.6) is 0 Å². The van der Waals surface area contributed by atoms with E-state index in [9.17, 15) is 24.2 Å². The van der Waals surface area contributed by atoms with Crippen molar-refractivity contribution in [1.82, 2.24) is 9.97 Å². The molecule has 1 fully saturated rings. The number of hydrogen-bond acceptors (Lipinski definition) is 9. The molecule has 4 rings (SSSR count). The molecular weight excluding hydrogens is 490 g/mol. The number of ether oxygens (including phenoxy) is 1. The first-order valence-corrected chi connectivity index (χ1v) is 13.9. The van der Waals surface area contributed by atoms with Crippen molar-refractivity contribution in [1.29, 1.82) is 0 Å². The lowest BCUT2D eigenvalue weighted by Crippen LogP contribution is -2.33. The van der Waals surface area contributed by atoms with E-state index < -0.39 is 52.1 Å². The standard InChI is InChI=1S/C20H24N2O10P2/c23-17-15(9-31-34(28,29)11-33(25,26)27)32-19(18(17)24)13-8-30-20-14(21-10-22-16(13)20)7-6-12-4-2-1-3-5-12/h1-5,8,10,15,17-19,23-24H,6-7,9,11H2,(H,28,29)(H2,25,26,27)/t15-,17-,18-,19+/m1/s1. The highest BCUT2D eigenvalue weighted by Gasteiger charge is 2.46. The van der Waals surface area contributed by atoms with Crippen molar-refractivity contribution >= 4 is 26.3 Å². The molecule has 1 aliphatic rings. The Hall–Kier alpha value is -1.98. The van der Waals surface area contributed by atoms with Crippen LogP contribution in [-0.4, -0.2) is 65.7 Å². The molecule has 1 aliphatic heterocycles. The number of aliphatic hydroxyl groups excluding tert-OH is 2. The van der Waals surface area contributed by atoms with Crippen molar-refractivity contribution in [2.75, 3.05) is 12.5 Å². The molecule has 5 atom stereocenters. The Balaban J connectivity index is 1.48. The molecule has 5 N–H and O–H groups in total. The van der Waals surface area contributed by atoms with Crippen LogP contribution in [0.1, 0.15) is 22.9 Å². The maximum Gasteiger partial charge on any atom is 0.340 e. The average Bonchev–Trinajstić information content (AvgIpc) is 3.32. The van der Waals surface area contributed by atoms with Crippen LogP contribution in [-0.2, 0) is 31.2 Å². The van der Waals surface area contributed by atoms with E-state index in [2.05, 4.69) is 9.97 Å². The van der Waals surface area contributed by atoms with Crippen molar-refractivity contribution in [3.05, 3.63) is 59.7 Å². The van der Waals surface area contributed by atoms with Crippen LogP contribution in [0.25, 0.3) is 11.1 Å². The largest absolute Gasteiger partial charge is 0.460 e. The van der Waals surface area contributed by atoms with Crippen molar-refractivity contribution in [3.63, 3.8) is 0 Å². The summed E-state index contributed by atoms with van der Waals surface area (Å²) in [7, 11) is -9.45. The maximum absolute atomic E-state index is 11.9. The van der Waals surface area contributed by atoms with Gasteiger partial charge in [-0.1, -0.05) is 30.3 Å². The summed E-state index contributed by atoms with van der Waals surface area (Å²) in [6.45, 7) is -0.671. The molecule has 34 heavy (non-hydrogen) atoms. The molecule has 3 heterocycles. The number of aryl methyl sites for hydroxylation is 2. The number of fused-ring (bicyclic) bond motifs is 1. The molecule has 3 aromatic rings. The molecular formula is C20H24N2O10P2. The summed E-state index contributed by atoms with van der Waals surface area (Å²) in [4.78, 5) is 35.9. The summed E-state index contributed by atoms with van der Waals surface area (Å²) in [6, 6.07) is 9.83. The zero-order valence-electron chi connectivity index (χ0n) is 17.7. The van der Waals surface area contributed by atoms with E-state index in [4.69, 9.17) is 23.5 Å². The summed E-state index contributed by atoms with van der Waals surface area (Å²) in [5.74, 6) is -1.37. The topological polar surface area (TPSA) is 193 Å². The van der Waals surface area contributed by atoms with Gasteiger partial charge in [0.1, 0.15) is 36.3 Å². The predicted octanol–water partition coefficient (Wildman–Crippen LogP) is 1.51. The van der Waals surface area contributed by atoms with Gasteiger partial charge in [0.05, 0.1) is 18.6 Å². The number of furan rings is 1. The van der Waals surface area contributed by atoms with E-state index in [0.717, 1.165) is 12.0 Å².